The number of anilines is 2. The van der Waals surface area contributed by atoms with Crippen LogP contribution in [0.4, 0.5) is 11.5 Å². The predicted octanol–water partition coefficient (Wildman–Crippen LogP) is 3.16. The van der Waals surface area contributed by atoms with Crippen LogP contribution in [0.25, 0.3) is 11.0 Å². The summed E-state index contributed by atoms with van der Waals surface area (Å²) in [6.07, 6.45) is 7.71. The van der Waals surface area contributed by atoms with Crippen molar-refractivity contribution in [2.24, 2.45) is 17.6 Å². The zero-order valence-corrected chi connectivity index (χ0v) is 21.6. The van der Waals surface area contributed by atoms with Gasteiger partial charge in [-0.2, -0.15) is 5.26 Å². The van der Waals surface area contributed by atoms with Gasteiger partial charge in [-0.25, -0.2) is 4.98 Å². The molecule has 2 aliphatic carbocycles. The molecule has 2 aliphatic heterocycles. The molecule has 2 atom stereocenters. The van der Waals surface area contributed by atoms with Crippen LogP contribution in [0.15, 0.2) is 42.6 Å². The third kappa shape index (κ3) is 5.17. The number of nitrogens with zero attached hydrogens (tertiary/aromatic N) is 4. The molecule has 2 unspecified atom stereocenters. The molecule has 10 nitrogen and oxygen atoms in total. The summed E-state index contributed by atoms with van der Waals surface area (Å²) >= 11 is 0. The van der Waals surface area contributed by atoms with E-state index in [4.69, 9.17) is 5.73 Å². The van der Waals surface area contributed by atoms with Crippen molar-refractivity contribution in [3.8, 4) is 6.07 Å². The summed E-state index contributed by atoms with van der Waals surface area (Å²) in [6.45, 7) is 1.45. The van der Waals surface area contributed by atoms with E-state index in [1.54, 1.807) is 24.3 Å². The lowest BCUT2D eigenvalue weighted by Gasteiger charge is -2.42. The maximum Gasteiger partial charge on any atom is 0.254 e. The minimum Gasteiger partial charge on any atom is -0.369 e. The maximum absolute atomic E-state index is 13.3. The van der Waals surface area contributed by atoms with E-state index in [2.05, 4.69) is 26.3 Å². The number of benzene rings is 1. The molecule has 2 bridgehead atoms. The fourth-order valence-electron chi connectivity index (χ4n) is 5.59. The van der Waals surface area contributed by atoms with Crippen molar-refractivity contribution < 1.29 is 14.4 Å². The predicted molar refractivity (Wildman–Crippen MR) is 146 cm³/mol. The summed E-state index contributed by atoms with van der Waals surface area (Å²) in [4.78, 5) is 47.7. The number of carbonyl (C=O) groups excluding carboxylic acids is 3. The van der Waals surface area contributed by atoms with Crippen LogP contribution in [0.1, 0.15) is 54.4 Å². The van der Waals surface area contributed by atoms with E-state index in [-0.39, 0.29) is 41.6 Å². The van der Waals surface area contributed by atoms with Crippen LogP contribution in [0.2, 0.25) is 0 Å². The molecule has 39 heavy (non-hydrogen) atoms. The Kier molecular flexibility index (Phi) is 6.43. The average molecular weight is 526 g/mol. The lowest BCUT2D eigenvalue weighted by molar-refractivity contribution is -0.119. The number of hydrogen-bond acceptors (Lipinski definition) is 6. The summed E-state index contributed by atoms with van der Waals surface area (Å²) in [5, 5.41) is 13.2. The Morgan fingerprint density at radius 3 is 2.33 bits per heavy atom. The third-order valence-corrected chi connectivity index (χ3v) is 7.98. The highest BCUT2D eigenvalue weighted by molar-refractivity contribution is 5.98. The number of H-pyrrole nitrogens is 1. The van der Waals surface area contributed by atoms with Gasteiger partial charge in [0.25, 0.3) is 5.91 Å². The lowest BCUT2D eigenvalue weighted by atomic mass is 10.1. The second-order valence-electron chi connectivity index (χ2n) is 10.9. The quantitative estimate of drug-likeness (QED) is 0.466. The number of nitrogens with one attached hydrogen (secondary N) is 2. The fraction of sp³-hybridized carbons (Fsp3) is 0.414. The van der Waals surface area contributed by atoms with Gasteiger partial charge < -0.3 is 25.8 Å². The van der Waals surface area contributed by atoms with Crippen LogP contribution in [-0.2, 0) is 9.59 Å². The van der Waals surface area contributed by atoms with Crippen molar-refractivity contribution in [3.05, 3.63) is 53.7 Å². The van der Waals surface area contributed by atoms with Gasteiger partial charge in [0.05, 0.1) is 17.3 Å². The van der Waals surface area contributed by atoms with Gasteiger partial charge >= 0.3 is 0 Å². The van der Waals surface area contributed by atoms with Gasteiger partial charge in [0.15, 0.2) is 0 Å². The Morgan fingerprint density at radius 2 is 1.72 bits per heavy atom. The smallest absolute Gasteiger partial charge is 0.254 e. The van der Waals surface area contributed by atoms with Crippen LogP contribution < -0.4 is 16.0 Å². The van der Waals surface area contributed by atoms with Crippen LogP contribution in [0.3, 0.4) is 0 Å². The second kappa shape index (κ2) is 10.1. The monoisotopic (exact) mass is 525 g/mol. The minimum absolute atomic E-state index is 0.00171. The molecule has 0 spiro atoms. The molecule has 4 N–H and O–H groups in total. The molecule has 4 aliphatic rings. The first-order valence-corrected chi connectivity index (χ1v) is 13.6. The third-order valence-electron chi connectivity index (χ3n) is 7.98. The van der Waals surface area contributed by atoms with Gasteiger partial charge in [-0.3, -0.25) is 14.4 Å². The number of amides is 3. The standard InChI is InChI=1S/C25H24N6O2.C4H7NO/c26-12-15-2-1-3-17(10-15)25(33)31-18-6-7-19(31)14-30(13-18)21-11-22(29-24(32)16-4-5-16)28-23-20(21)8-9-27-23;5-4(6)3-1-2-3/h1-3,8-11,16,18-19H,4-7,13-14H2,(H2,27,28,29,32);3H,1-2H2,(H2,5,6). The van der Waals surface area contributed by atoms with E-state index in [1.165, 1.54) is 0 Å². The van der Waals surface area contributed by atoms with Crippen molar-refractivity contribution in [1.82, 2.24) is 14.9 Å². The first kappa shape index (κ1) is 24.9. The van der Waals surface area contributed by atoms with Gasteiger partial charge in [-0.15, -0.1) is 0 Å². The first-order chi connectivity index (χ1) is 18.9. The second-order valence-corrected chi connectivity index (χ2v) is 10.9. The van der Waals surface area contributed by atoms with E-state index >= 15 is 0 Å². The molecular weight excluding hydrogens is 494 g/mol. The number of piperazine rings is 1. The van der Waals surface area contributed by atoms with E-state index in [0.717, 1.165) is 68.3 Å². The van der Waals surface area contributed by atoms with Gasteiger partial charge in [-0.1, -0.05) is 6.07 Å². The van der Waals surface area contributed by atoms with Crippen molar-refractivity contribution in [2.45, 2.75) is 50.6 Å². The molecule has 0 radical (unpaired) electrons. The molecular formula is C29H31N7O3. The molecule has 10 heteroatoms. The van der Waals surface area contributed by atoms with Gasteiger partial charge in [0, 0.05) is 60.2 Å². The van der Waals surface area contributed by atoms with Crippen LogP contribution in [0.5, 0.6) is 0 Å². The Morgan fingerprint density at radius 1 is 1.00 bits per heavy atom. The number of pyridine rings is 1. The zero-order valence-electron chi connectivity index (χ0n) is 21.6. The highest BCUT2D eigenvalue weighted by Gasteiger charge is 2.43. The fourth-order valence-corrected chi connectivity index (χ4v) is 5.59. The number of hydrogen-bond donors (Lipinski definition) is 3. The zero-order chi connectivity index (χ0) is 27.1. The Labute approximate surface area is 226 Å². The minimum atomic E-state index is -0.130. The number of nitriles is 1. The summed E-state index contributed by atoms with van der Waals surface area (Å²) in [5.41, 5.74) is 7.71. The first-order valence-electron chi connectivity index (χ1n) is 13.6. The highest BCUT2D eigenvalue weighted by Crippen LogP contribution is 2.37. The molecule has 4 fully saturated rings. The molecule has 1 aromatic carbocycles. The van der Waals surface area contributed by atoms with Crippen molar-refractivity contribution in [2.75, 3.05) is 23.3 Å². The number of fused-ring (bicyclic) bond motifs is 3. The van der Waals surface area contributed by atoms with Crippen LogP contribution in [-0.4, -0.2) is 57.8 Å². The van der Waals surface area contributed by atoms with Crippen molar-refractivity contribution in [1.29, 1.82) is 5.26 Å². The van der Waals surface area contributed by atoms with Crippen molar-refractivity contribution >= 4 is 40.3 Å². The SMILES string of the molecule is N#Cc1cccc(C(=O)N2C3CCC2CN(c2cc(NC(=O)C4CC4)nc4[nH]ccc24)C3)c1.NC(=O)C1CC1. The van der Waals surface area contributed by atoms with E-state index < -0.39 is 0 Å². The highest BCUT2D eigenvalue weighted by atomic mass is 16.2. The summed E-state index contributed by atoms with van der Waals surface area (Å²) in [5.74, 6) is 0.822. The van der Waals surface area contributed by atoms with E-state index in [1.807, 2.05) is 23.2 Å². The molecule has 3 amide bonds. The summed E-state index contributed by atoms with van der Waals surface area (Å²) < 4.78 is 0. The molecule has 2 aromatic heterocycles. The van der Waals surface area contributed by atoms with Crippen LogP contribution >= 0.6 is 0 Å². The molecule has 3 aromatic rings. The molecule has 7 rings (SSSR count). The van der Waals surface area contributed by atoms with Crippen molar-refractivity contribution in [3.63, 3.8) is 0 Å². The van der Waals surface area contributed by atoms with Gasteiger partial charge in [0.1, 0.15) is 11.5 Å². The molecule has 2 saturated carbocycles. The number of rotatable bonds is 5. The topological polar surface area (TPSA) is 148 Å². The number of aromatic nitrogens is 2. The lowest BCUT2D eigenvalue weighted by Crippen LogP contribution is -2.56. The maximum atomic E-state index is 13.3. The number of nitrogens with two attached hydrogens (primary N) is 1. The number of carbonyl (C=O) groups is 3. The number of primary amides is 1. The van der Waals surface area contributed by atoms with E-state index in [9.17, 15) is 19.6 Å². The van der Waals surface area contributed by atoms with Gasteiger partial charge in [0.2, 0.25) is 11.8 Å². The summed E-state index contributed by atoms with van der Waals surface area (Å²) in [6, 6.07) is 13.2. The van der Waals surface area contributed by atoms with Crippen LogP contribution in [0, 0.1) is 23.2 Å². The average Bonchev–Trinajstić information content (AvgIpc) is 3.87. The number of aromatic amines is 1. The Bertz CT molecular complexity index is 1470. The van der Waals surface area contributed by atoms with E-state index in [0.29, 0.717) is 16.9 Å². The Balaban J connectivity index is 0.000000410. The molecule has 200 valence electrons. The summed E-state index contributed by atoms with van der Waals surface area (Å²) in [7, 11) is 0. The largest absolute Gasteiger partial charge is 0.369 e. The molecule has 2 saturated heterocycles. The normalized spacial score (nSPS) is 21.6. The van der Waals surface area contributed by atoms with Gasteiger partial charge in [-0.05, 0) is 62.8 Å². The Hall–Kier alpha value is -4.39. The molecule has 4 heterocycles.